The second-order valence-corrected chi connectivity index (χ2v) is 10.5. The van der Waals surface area contributed by atoms with Gasteiger partial charge >= 0.3 is 0 Å². The van der Waals surface area contributed by atoms with E-state index in [9.17, 15) is 9.59 Å². The molecule has 180 valence electrons. The molecule has 0 aliphatic heterocycles. The number of aliphatic hydroxyl groups excluding tert-OH is 1. The Morgan fingerprint density at radius 3 is 2.53 bits per heavy atom. The van der Waals surface area contributed by atoms with Crippen molar-refractivity contribution in [3.8, 4) is 0 Å². The number of unbranched alkanes of at least 4 members (excludes halogenated alkanes) is 3. The van der Waals surface area contributed by atoms with Crippen LogP contribution >= 0.6 is 0 Å². The number of rotatable bonds is 10. The highest BCUT2D eigenvalue weighted by Crippen LogP contribution is 2.58. The lowest BCUT2D eigenvalue weighted by molar-refractivity contribution is -0.125. The fourth-order valence-electron chi connectivity index (χ4n) is 6.60. The van der Waals surface area contributed by atoms with Gasteiger partial charge in [-0.2, -0.15) is 0 Å². The second-order valence-electron chi connectivity index (χ2n) is 10.5. The van der Waals surface area contributed by atoms with Crippen LogP contribution in [0.25, 0.3) is 0 Å². The summed E-state index contributed by atoms with van der Waals surface area (Å²) in [7, 11) is 1.00. The molecule has 0 spiro atoms. The molecule has 1 amide bonds. The first-order valence-corrected chi connectivity index (χ1v) is 12.3. The molecule has 4 atom stereocenters. The Balaban J connectivity index is 0.00000176. The van der Waals surface area contributed by atoms with Crippen LogP contribution < -0.4 is 11.1 Å². The zero-order valence-electron chi connectivity index (χ0n) is 20.4. The first-order chi connectivity index (χ1) is 15.4. The summed E-state index contributed by atoms with van der Waals surface area (Å²) in [6.45, 7) is 6.04. The van der Waals surface area contributed by atoms with Gasteiger partial charge in [-0.05, 0) is 78.7 Å². The van der Waals surface area contributed by atoms with E-state index in [0.717, 1.165) is 58.0 Å². The zero-order chi connectivity index (χ0) is 23.6. The summed E-state index contributed by atoms with van der Waals surface area (Å²) in [6.07, 6.45) is 11.1. The van der Waals surface area contributed by atoms with Gasteiger partial charge in [0.05, 0.1) is 0 Å². The number of nitrogens with two attached hydrogens (primary N) is 1. The Kier molecular flexibility index (Phi) is 10.4. The number of carbonyl (C=O) groups excluding carboxylic acids is 2. The van der Waals surface area contributed by atoms with Crippen molar-refractivity contribution >= 4 is 12.2 Å². The minimum Gasteiger partial charge on any atom is -0.400 e. The molecular formula is C27H44N2O3. The summed E-state index contributed by atoms with van der Waals surface area (Å²) < 4.78 is 0. The highest BCUT2D eigenvalue weighted by atomic mass is 16.2. The number of nitrogens with one attached hydrogen (secondary N) is 1. The number of amides is 1. The molecule has 0 radical (unpaired) electrons. The van der Waals surface area contributed by atoms with Crippen LogP contribution in [-0.4, -0.2) is 31.0 Å². The number of carbonyl (C=O) groups is 2. The van der Waals surface area contributed by atoms with Gasteiger partial charge in [0.25, 0.3) is 0 Å². The van der Waals surface area contributed by atoms with E-state index in [4.69, 9.17) is 10.8 Å². The lowest BCUT2D eigenvalue weighted by Gasteiger charge is -2.55. The fourth-order valence-corrected chi connectivity index (χ4v) is 6.60. The third-order valence-corrected chi connectivity index (χ3v) is 7.41. The van der Waals surface area contributed by atoms with Crippen molar-refractivity contribution in [3.05, 3.63) is 35.4 Å². The van der Waals surface area contributed by atoms with Gasteiger partial charge in [-0.3, -0.25) is 4.79 Å². The molecular weight excluding hydrogens is 400 g/mol. The number of aldehydes is 1. The van der Waals surface area contributed by atoms with Crippen LogP contribution in [0.1, 0.15) is 89.2 Å². The van der Waals surface area contributed by atoms with Crippen molar-refractivity contribution in [3.63, 3.8) is 0 Å². The molecule has 2 saturated carbocycles. The van der Waals surface area contributed by atoms with Gasteiger partial charge in [-0.15, -0.1) is 0 Å². The topological polar surface area (TPSA) is 92.4 Å². The molecule has 2 aliphatic carbocycles. The molecule has 1 aromatic rings. The van der Waals surface area contributed by atoms with Crippen LogP contribution in [0.15, 0.2) is 24.3 Å². The maximum atomic E-state index is 12.7. The summed E-state index contributed by atoms with van der Waals surface area (Å²) in [5.41, 5.74) is 8.68. The predicted octanol–water partition coefficient (Wildman–Crippen LogP) is 4.49. The summed E-state index contributed by atoms with van der Waals surface area (Å²) in [5.74, 6) is 1.63. The number of hydrogen-bond acceptors (Lipinski definition) is 4. The molecule has 0 saturated heterocycles. The van der Waals surface area contributed by atoms with Crippen molar-refractivity contribution in [1.29, 1.82) is 0 Å². The van der Waals surface area contributed by atoms with Gasteiger partial charge in [0, 0.05) is 33.0 Å². The average Bonchev–Trinajstić information content (AvgIpc) is 2.76. The lowest BCUT2D eigenvalue weighted by Crippen LogP contribution is -2.48. The third kappa shape index (κ3) is 7.14. The van der Waals surface area contributed by atoms with Gasteiger partial charge in [-0.1, -0.05) is 44.5 Å². The minimum atomic E-state index is 0.0528. The molecule has 32 heavy (non-hydrogen) atoms. The van der Waals surface area contributed by atoms with Crippen LogP contribution in [0.2, 0.25) is 0 Å². The van der Waals surface area contributed by atoms with E-state index in [1.54, 1.807) is 0 Å². The Hall–Kier alpha value is -1.72. The first-order valence-electron chi connectivity index (χ1n) is 12.3. The lowest BCUT2D eigenvalue weighted by atomic mass is 9.50. The highest BCUT2D eigenvalue weighted by molar-refractivity contribution is 5.76. The van der Waals surface area contributed by atoms with Gasteiger partial charge in [0.1, 0.15) is 6.29 Å². The maximum Gasteiger partial charge on any atom is 0.220 e. The van der Waals surface area contributed by atoms with Gasteiger partial charge < -0.3 is 21.0 Å². The fraction of sp³-hybridized carbons (Fsp3) is 0.704. The SMILES string of the molecule is CC1CC2CC(C)(CC(=O)NCCCCCC=O)CC(c3ccc(CN)cc3)(C1)C2.CO. The van der Waals surface area contributed by atoms with E-state index >= 15 is 0 Å². The molecule has 5 nitrogen and oxygen atoms in total. The van der Waals surface area contributed by atoms with Crippen molar-refractivity contribution in [1.82, 2.24) is 5.32 Å². The van der Waals surface area contributed by atoms with Crippen molar-refractivity contribution in [2.45, 2.75) is 90.0 Å². The molecule has 0 heterocycles. The zero-order valence-corrected chi connectivity index (χ0v) is 20.4. The van der Waals surface area contributed by atoms with Crippen LogP contribution in [0, 0.1) is 17.3 Å². The standard InChI is InChI=1S/C26H40N2O2.CH4O/c1-20-13-22-15-25(2,17-24(30)28-11-5-3-4-6-12-29)19-26(14-20,16-22)23-9-7-21(18-27)8-10-23;1-2/h7-10,12,20,22H,3-6,11,13-19,27H2,1-2H3,(H,28,30);2H,1H3. The molecule has 2 fully saturated rings. The minimum absolute atomic E-state index is 0.0528. The number of benzene rings is 1. The van der Waals surface area contributed by atoms with Gasteiger partial charge in [-0.25, -0.2) is 0 Å². The summed E-state index contributed by atoms with van der Waals surface area (Å²) >= 11 is 0. The van der Waals surface area contributed by atoms with E-state index in [1.165, 1.54) is 30.4 Å². The van der Waals surface area contributed by atoms with E-state index in [2.05, 4.69) is 43.4 Å². The van der Waals surface area contributed by atoms with Crippen LogP contribution in [0.4, 0.5) is 0 Å². The first kappa shape index (κ1) is 26.5. The molecule has 5 heteroatoms. The van der Waals surface area contributed by atoms with E-state index in [-0.39, 0.29) is 16.7 Å². The van der Waals surface area contributed by atoms with Crippen LogP contribution in [0.3, 0.4) is 0 Å². The molecule has 2 aliphatic rings. The average molecular weight is 445 g/mol. The Labute approximate surface area is 194 Å². The normalized spacial score (nSPS) is 28.9. The monoisotopic (exact) mass is 444 g/mol. The Bertz CT molecular complexity index is 716. The van der Waals surface area contributed by atoms with E-state index < -0.39 is 0 Å². The van der Waals surface area contributed by atoms with Crippen molar-refractivity contribution in [2.75, 3.05) is 13.7 Å². The van der Waals surface area contributed by atoms with E-state index in [0.29, 0.717) is 25.3 Å². The number of fused-ring (bicyclic) bond motifs is 2. The Morgan fingerprint density at radius 1 is 1.16 bits per heavy atom. The predicted molar refractivity (Wildman–Crippen MR) is 130 cm³/mol. The molecule has 0 aromatic heterocycles. The molecule has 3 rings (SSSR count). The number of aliphatic hydroxyl groups is 1. The van der Waals surface area contributed by atoms with Gasteiger partial charge in [0.15, 0.2) is 0 Å². The number of hydrogen-bond donors (Lipinski definition) is 3. The van der Waals surface area contributed by atoms with Crippen molar-refractivity contribution < 1.29 is 14.7 Å². The molecule has 2 bridgehead atoms. The van der Waals surface area contributed by atoms with Gasteiger partial charge in [0.2, 0.25) is 5.91 Å². The highest BCUT2D eigenvalue weighted by Gasteiger charge is 2.50. The molecule has 4 unspecified atom stereocenters. The van der Waals surface area contributed by atoms with E-state index in [1.807, 2.05) is 0 Å². The maximum absolute atomic E-state index is 12.7. The third-order valence-electron chi connectivity index (χ3n) is 7.41. The Morgan fingerprint density at radius 2 is 1.88 bits per heavy atom. The molecule has 1 aromatic carbocycles. The van der Waals surface area contributed by atoms with Crippen LogP contribution in [-0.2, 0) is 21.5 Å². The largest absolute Gasteiger partial charge is 0.400 e. The summed E-state index contributed by atoms with van der Waals surface area (Å²) in [5, 5.41) is 10.1. The molecule has 4 N–H and O–H groups in total. The summed E-state index contributed by atoms with van der Waals surface area (Å²) in [4.78, 5) is 23.1. The summed E-state index contributed by atoms with van der Waals surface area (Å²) in [6, 6.07) is 8.95. The second kappa shape index (κ2) is 12.5. The smallest absolute Gasteiger partial charge is 0.220 e. The van der Waals surface area contributed by atoms with Crippen LogP contribution in [0.5, 0.6) is 0 Å². The van der Waals surface area contributed by atoms with Crippen molar-refractivity contribution in [2.24, 2.45) is 23.0 Å². The quantitative estimate of drug-likeness (QED) is 0.366.